The van der Waals surface area contributed by atoms with E-state index >= 15 is 0 Å². The van der Waals surface area contributed by atoms with Crippen LogP contribution in [-0.4, -0.2) is 112 Å². The minimum atomic E-state index is -5.04. The zero-order chi connectivity index (χ0) is 25.8. The topological polar surface area (TPSA) is 268 Å². The average Bonchev–Trinajstić information content (AvgIpc) is 2.59. The van der Waals surface area contributed by atoms with Crippen molar-refractivity contribution in [2.45, 2.75) is 18.6 Å². The van der Waals surface area contributed by atoms with Crippen molar-refractivity contribution in [2.24, 2.45) is 0 Å². The second-order valence-electron chi connectivity index (χ2n) is 6.93. The van der Waals surface area contributed by atoms with Crippen LogP contribution in [0.2, 0.25) is 0 Å². The molecule has 0 aromatic rings. The first-order valence-electron chi connectivity index (χ1n) is 9.35. The van der Waals surface area contributed by atoms with Gasteiger partial charge in [0.15, 0.2) is 0 Å². The Morgan fingerprint density at radius 2 is 0.971 bits per heavy atom. The molecule has 0 rings (SSSR count). The summed E-state index contributed by atoms with van der Waals surface area (Å²) in [4.78, 5) is 76.0. The molecule has 1 atom stereocenters. The van der Waals surface area contributed by atoms with Gasteiger partial charge in [-0.2, -0.15) is 0 Å². The van der Waals surface area contributed by atoms with Gasteiger partial charge in [-0.3, -0.25) is 19.3 Å². The predicted octanol–water partition coefficient (Wildman–Crippen LogP) is -9.07. The molecule has 0 aliphatic rings. The Kier molecular flexibility index (Phi) is 17.6. The van der Waals surface area contributed by atoms with Crippen LogP contribution in [0.4, 0.5) is 0 Å². The van der Waals surface area contributed by atoms with Crippen molar-refractivity contribution in [2.75, 3.05) is 52.4 Å². The molecule has 16 nitrogen and oxygen atoms in total. The molecule has 34 heavy (non-hydrogen) atoms. The van der Waals surface area contributed by atoms with Crippen LogP contribution < -0.4 is 25.5 Å². The molecule has 0 aliphatic heterocycles. The number of carbonyl (C=O) groups is 5. The van der Waals surface area contributed by atoms with Crippen LogP contribution >= 0.6 is 7.60 Å². The van der Waals surface area contributed by atoms with Crippen LogP contribution in [0.1, 0.15) is 12.8 Å². The van der Waals surface area contributed by atoms with Crippen molar-refractivity contribution in [3.05, 3.63) is 0 Å². The van der Waals surface area contributed by atoms with Crippen LogP contribution in [-0.2, 0) is 28.5 Å². The number of hydrogen-bond donors (Lipinski definition) is 2. The molecule has 0 bridgehead atoms. The van der Waals surface area contributed by atoms with Crippen molar-refractivity contribution >= 4 is 37.4 Å². The van der Waals surface area contributed by atoms with Gasteiger partial charge in [0.1, 0.15) is 5.78 Å². The zero-order valence-electron chi connectivity index (χ0n) is 17.7. The Balaban J connectivity index is 0. The van der Waals surface area contributed by atoms with Gasteiger partial charge >= 0.3 is 47.5 Å². The first kappa shape index (κ1) is 34.9. The van der Waals surface area contributed by atoms with Gasteiger partial charge in [0.05, 0.1) is 23.9 Å². The van der Waals surface area contributed by atoms with E-state index in [1.165, 1.54) is 0 Å². The number of carboxylic acid groups (broad SMARTS) is 5. The van der Waals surface area contributed by atoms with E-state index in [4.69, 9.17) is 0 Å². The third-order valence-corrected chi connectivity index (χ3v) is 5.60. The quantitative estimate of drug-likeness (QED) is 0.123. The number of hydrogen-bond acceptors (Lipinski definition) is 14. The van der Waals surface area contributed by atoms with Gasteiger partial charge in [-0.1, -0.05) is 0 Å². The fourth-order valence-corrected chi connectivity index (χ4v) is 4.04. The molecule has 1 unspecified atom stereocenters. The van der Waals surface area contributed by atoms with Crippen LogP contribution in [0.25, 0.3) is 0 Å². The van der Waals surface area contributed by atoms with E-state index in [1.54, 1.807) is 0 Å². The Morgan fingerprint density at radius 1 is 0.647 bits per heavy atom. The molecule has 0 amide bonds. The minimum Gasteiger partial charge on any atom is -0.550 e. The van der Waals surface area contributed by atoms with Gasteiger partial charge < -0.3 is 59.3 Å². The van der Waals surface area contributed by atoms with Crippen molar-refractivity contribution in [3.63, 3.8) is 0 Å². The maximum absolute atomic E-state index is 12.0. The molecule has 0 aromatic heterocycles. The molecule has 18 heteroatoms. The van der Waals surface area contributed by atoms with Crippen LogP contribution in [0.5, 0.6) is 0 Å². The van der Waals surface area contributed by atoms with Gasteiger partial charge in [0.25, 0.3) is 0 Å². The van der Waals surface area contributed by atoms with E-state index in [0.29, 0.717) is 0 Å². The van der Waals surface area contributed by atoms with Gasteiger partial charge in [-0.05, 0) is 12.8 Å². The van der Waals surface area contributed by atoms with Crippen molar-refractivity contribution < 1.29 is 104 Å². The number of carboxylic acids is 5. The molecule has 195 valence electrons. The number of carbonyl (C=O) groups excluding carboxylic acids is 5. The first-order chi connectivity index (χ1) is 15.1. The summed E-state index contributed by atoms with van der Waals surface area (Å²) in [7, 11) is -5.04. The van der Waals surface area contributed by atoms with Gasteiger partial charge in [-0.15, -0.1) is 0 Å². The summed E-state index contributed by atoms with van der Waals surface area (Å²) in [6.07, 6.45) is -1.41. The number of nitrogens with zero attached hydrogens (tertiary/aromatic N) is 3. The summed E-state index contributed by atoms with van der Waals surface area (Å²) in [6, 6.07) is 0. The number of aliphatic carboxylic acids is 5. The SMILES string of the molecule is O=C([O-])CCC(N(CCN(CC(=O)[O-])CC(=O)[O-])CCN(CC(=O)[O-])CC(=O)[O-])P(=O)(O)O.[Gd+3]. The standard InChI is InChI=1S/C16H28N3O13P.Gd/c20-12(21)2-1-11(33(30,31)32)19(5-3-17(7-13(22)23)8-14(24)25)6-4-18(9-15(26)27)10-16(28)29;/h11H,1-10H2,(H,20,21)(H,22,23)(H,24,25)(H,26,27)(H,28,29)(H2,30,31,32);/q;+3/p-5. The summed E-state index contributed by atoms with van der Waals surface area (Å²) in [6.45, 7) is -5.16. The predicted molar refractivity (Wildman–Crippen MR) is 94.6 cm³/mol. The Bertz CT molecular complexity index is 690. The summed E-state index contributed by atoms with van der Waals surface area (Å²) < 4.78 is 12.0. The van der Waals surface area contributed by atoms with Crippen LogP contribution in [0, 0.1) is 39.9 Å². The first-order valence-corrected chi connectivity index (χ1v) is 11.0. The molecule has 1 radical (unpaired) electrons. The molecule has 0 heterocycles. The second-order valence-corrected chi connectivity index (χ2v) is 8.70. The maximum Gasteiger partial charge on any atom is 3.00 e. The third kappa shape index (κ3) is 17.2. The molecule has 0 spiro atoms. The molecule has 0 saturated heterocycles. The van der Waals surface area contributed by atoms with Gasteiger partial charge in [-0.25, -0.2) is 0 Å². The second kappa shape index (κ2) is 17.2. The Labute approximate surface area is 226 Å². The fourth-order valence-electron chi connectivity index (χ4n) is 2.92. The molecule has 2 N–H and O–H groups in total. The molecular formula is C16H23GdN3O13P-2. The van der Waals surface area contributed by atoms with E-state index in [1.807, 2.05) is 0 Å². The Morgan fingerprint density at radius 3 is 1.21 bits per heavy atom. The third-order valence-electron chi connectivity index (χ3n) is 4.23. The van der Waals surface area contributed by atoms with Crippen LogP contribution in [0.3, 0.4) is 0 Å². The van der Waals surface area contributed by atoms with E-state index in [-0.39, 0.29) is 39.9 Å². The van der Waals surface area contributed by atoms with E-state index in [2.05, 4.69) is 0 Å². The molecule has 0 saturated carbocycles. The summed E-state index contributed by atoms with van der Waals surface area (Å²) in [5.41, 5.74) is 0. The van der Waals surface area contributed by atoms with Gasteiger partial charge in [0.2, 0.25) is 0 Å². The normalized spacial score (nSPS) is 12.4. The van der Waals surface area contributed by atoms with Crippen molar-refractivity contribution in [1.29, 1.82) is 0 Å². The molecule has 0 aromatic carbocycles. The summed E-state index contributed by atoms with van der Waals surface area (Å²) in [5, 5.41) is 54.1. The fraction of sp³-hybridized carbons (Fsp3) is 0.688. The minimum absolute atomic E-state index is 0. The average molecular weight is 654 g/mol. The largest absolute Gasteiger partial charge is 3.00 e. The molecule has 0 aliphatic carbocycles. The number of rotatable bonds is 19. The monoisotopic (exact) mass is 654 g/mol. The molecule has 0 fully saturated rings. The molecular weight excluding hydrogens is 630 g/mol. The smallest absolute Gasteiger partial charge is 0.550 e. The van der Waals surface area contributed by atoms with Crippen molar-refractivity contribution in [3.8, 4) is 0 Å². The Hall–Kier alpha value is -1.30. The van der Waals surface area contributed by atoms with Crippen molar-refractivity contribution in [1.82, 2.24) is 14.7 Å². The zero-order valence-corrected chi connectivity index (χ0v) is 20.8. The van der Waals surface area contributed by atoms with E-state index < -0.39 is 108 Å². The summed E-state index contributed by atoms with van der Waals surface area (Å²) >= 11 is 0. The van der Waals surface area contributed by atoms with E-state index in [0.717, 1.165) is 14.7 Å². The summed E-state index contributed by atoms with van der Waals surface area (Å²) in [5.74, 6) is -10.0. The van der Waals surface area contributed by atoms with E-state index in [9.17, 15) is 63.9 Å². The van der Waals surface area contributed by atoms with Gasteiger partial charge in [0, 0.05) is 58.3 Å². The maximum atomic E-state index is 12.0. The van der Waals surface area contributed by atoms with Crippen LogP contribution in [0.15, 0.2) is 0 Å².